The van der Waals surface area contributed by atoms with Crippen LogP contribution in [0.25, 0.3) is 0 Å². The number of nitrogens with one attached hydrogen (secondary N) is 1. The average molecular weight is 379 g/mol. The highest BCUT2D eigenvalue weighted by Crippen LogP contribution is 2.24. The highest BCUT2D eigenvalue weighted by Gasteiger charge is 2.30. The Morgan fingerprint density at radius 3 is 2.44 bits per heavy atom. The van der Waals surface area contributed by atoms with Gasteiger partial charge in [0, 0.05) is 31.2 Å². The molecule has 1 aliphatic rings. The zero-order chi connectivity index (χ0) is 20.2. The molecule has 154 valence electrons. The summed E-state index contributed by atoms with van der Waals surface area (Å²) in [6.07, 6.45) is 2.58. The Balaban J connectivity index is 0.00000176. The Hall–Kier alpha value is -1.59. The van der Waals surface area contributed by atoms with E-state index in [0.29, 0.717) is 25.1 Å². The van der Waals surface area contributed by atoms with Gasteiger partial charge in [-0.25, -0.2) is 0 Å². The number of methoxy groups -OCH3 is 1. The van der Waals surface area contributed by atoms with Gasteiger partial charge in [0.1, 0.15) is 5.75 Å². The lowest BCUT2D eigenvalue weighted by Gasteiger charge is -2.40. The first-order chi connectivity index (χ1) is 13.0. The average Bonchev–Trinajstić information content (AvgIpc) is 2.66. The van der Waals surface area contributed by atoms with Crippen LogP contribution in [-0.2, 0) is 16.1 Å². The fourth-order valence-corrected chi connectivity index (χ4v) is 3.51. The first-order valence-electron chi connectivity index (χ1n) is 10.3. The summed E-state index contributed by atoms with van der Waals surface area (Å²) >= 11 is 0. The Kier molecular flexibility index (Phi) is 11.1. The van der Waals surface area contributed by atoms with Gasteiger partial charge in [0.25, 0.3) is 0 Å². The molecule has 1 heterocycles. The molecule has 0 radical (unpaired) electrons. The second-order valence-electron chi connectivity index (χ2n) is 7.04. The van der Waals surface area contributed by atoms with E-state index in [2.05, 4.69) is 36.2 Å². The van der Waals surface area contributed by atoms with Gasteiger partial charge in [-0.2, -0.15) is 0 Å². The molecule has 1 aromatic carbocycles. The fraction of sp³-hybridized carbons (Fsp3) is 0.682. The summed E-state index contributed by atoms with van der Waals surface area (Å²) in [7, 11) is 1.68. The summed E-state index contributed by atoms with van der Waals surface area (Å²) in [4.78, 5) is 14.4. The maximum absolute atomic E-state index is 12.0. The SMILES string of the molecule is CC.CCOC(=O)C[C@H]1CC[C@@H](NC(C)C)CN1Cc1ccc(OC)cc1. The van der Waals surface area contributed by atoms with Gasteiger partial charge in [-0.3, -0.25) is 9.69 Å². The molecule has 1 N–H and O–H groups in total. The van der Waals surface area contributed by atoms with E-state index in [9.17, 15) is 4.79 Å². The molecule has 0 amide bonds. The standard InChI is InChI=1S/C20H32N2O3.C2H6/c1-5-25-20(23)12-18-9-8-17(21-15(2)3)14-22(18)13-16-6-10-19(24-4)11-7-16;1-2/h6-7,10-11,15,17-18,21H,5,8-9,12-14H2,1-4H3;1-2H3/t17-,18-;/m1./s1. The Labute approximate surface area is 165 Å². The molecule has 0 spiro atoms. The summed E-state index contributed by atoms with van der Waals surface area (Å²) < 4.78 is 10.4. The van der Waals surface area contributed by atoms with Gasteiger partial charge in [-0.05, 0) is 37.5 Å². The number of hydrogen-bond acceptors (Lipinski definition) is 5. The van der Waals surface area contributed by atoms with Gasteiger partial charge >= 0.3 is 5.97 Å². The number of ether oxygens (including phenoxy) is 2. The molecule has 0 bridgehead atoms. The lowest BCUT2D eigenvalue weighted by molar-refractivity contribution is -0.145. The third-order valence-electron chi connectivity index (χ3n) is 4.64. The number of piperidine rings is 1. The third-order valence-corrected chi connectivity index (χ3v) is 4.64. The van der Waals surface area contributed by atoms with E-state index in [1.807, 2.05) is 32.9 Å². The topological polar surface area (TPSA) is 50.8 Å². The summed E-state index contributed by atoms with van der Waals surface area (Å²) in [5.41, 5.74) is 1.24. The van der Waals surface area contributed by atoms with Crippen LogP contribution >= 0.6 is 0 Å². The molecule has 2 rings (SSSR count). The first-order valence-corrected chi connectivity index (χ1v) is 10.3. The number of hydrogen-bond donors (Lipinski definition) is 1. The van der Waals surface area contributed by atoms with Crippen LogP contribution in [0.4, 0.5) is 0 Å². The van der Waals surface area contributed by atoms with E-state index < -0.39 is 0 Å². The first kappa shape index (κ1) is 23.4. The molecule has 0 aliphatic carbocycles. The molecule has 27 heavy (non-hydrogen) atoms. The van der Waals surface area contributed by atoms with Crippen LogP contribution in [0.3, 0.4) is 0 Å². The van der Waals surface area contributed by atoms with Gasteiger partial charge in [-0.1, -0.05) is 39.8 Å². The van der Waals surface area contributed by atoms with Crippen LogP contribution in [0.1, 0.15) is 59.4 Å². The number of benzene rings is 1. The van der Waals surface area contributed by atoms with Gasteiger partial charge in [0.2, 0.25) is 0 Å². The number of nitrogens with zero attached hydrogens (tertiary/aromatic N) is 1. The monoisotopic (exact) mass is 378 g/mol. The highest BCUT2D eigenvalue weighted by atomic mass is 16.5. The van der Waals surface area contributed by atoms with E-state index in [1.165, 1.54) is 5.56 Å². The van der Waals surface area contributed by atoms with Crippen molar-refractivity contribution >= 4 is 5.97 Å². The summed E-state index contributed by atoms with van der Waals surface area (Å²) in [5.74, 6) is 0.771. The molecule has 1 fully saturated rings. The van der Waals surface area contributed by atoms with Crippen LogP contribution < -0.4 is 10.1 Å². The Bertz CT molecular complexity index is 531. The van der Waals surface area contributed by atoms with Crippen LogP contribution in [0.2, 0.25) is 0 Å². The third kappa shape index (κ3) is 8.31. The molecule has 0 saturated carbocycles. The lowest BCUT2D eigenvalue weighted by atomic mass is 9.94. The molecular weight excluding hydrogens is 340 g/mol. The second-order valence-corrected chi connectivity index (χ2v) is 7.04. The van der Waals surface area contributed by atoms with Crippen LogP contribution in [-0.4, -0.2) is 49.3 Å². The van der Waals surface area contributed by atoms with Gasteiger partial charge < -0.3 is 14.8 Å². The minimum Gasteiger partial charge on any atom is -0.497 e. The van der Waals surface area contributed by atoms with Crippen molar-refractivity contribution in [2.75, 3.05) is 20.3 Å². The molecule has 1 aromatic rings. The molecule has 0 unspecified atom stereocenters. The predicted octanol–water partition coefficient (Wildman–Crippen LogP) is 4.01. The Morgan fingerprint density at radius 1 is 1.22 bits per heavy atom. The smallest absolute Gasteiger partial charge is 0.307 e. The maximum Gasteiger partial charge on any atom is 0.307 e. The Morgan fingerprint density at radius 2 is 1.89 bits per heavy atom. The van der Waals surface area contributed by atoms with Crippen molar-refractivity contribution in [3.63, 3.8) is 0 Å². The molecule has 5 heteroatoms. The van der Waals surface area contributed by atoms with Crippen molar-refractivity contribution in [1.29, 1.82) is 0 Å². The van der Waals surface area contributed by atoms with E-state index in [0.717, 1.165) is 31.7 Å². The quantitative estimate of drug-likeness (QED) is 0.693. The molecule has 2 atom stereocenters. The largest absolute Gasteiger partial charge is 0.497 e. The number of esters is 1. The summed E-state index contributed by atoms with van der Waals surface area (Å²) in [6, 6.07) is 9.35. The normalized spacial score (nSPS) is 20.0. The zero-order valence-corrected chi connectivity index (χ0v) is 18.0. The van der Waals surface area contributed by atoms with Crippen molar-refractivity contribution < 1.29 is 14.3 Å². The fourth-order valence-electron chi connectivity index (χ4n) is 3.51. The number of carbonyl (C=O) groups excluding carboxylic acids is 1. The van der Waals surface area contributed by atoms with E-state index in [-0.39, 0.29) is 12.0 Å². The molecular formula is C22H38N2O3. The van der Waals surface area contributed by atoms with Crippen LogP contribution in [0.5, 0.6) is 5.75 Å². The zero-order valence-electron chi connectivity index (χ0n) is 18.0. The van der Waals surface area contributed by atoms with Crippen molar-refractivity contribution in [3.8, 4) is 5.75 Å². The predicted molar refractivity (Wildman–Crippen MR) is 111 cm³/mol. The van der Waals surface area contributed by atoms with Crippen molar-refractivity contribution in [3.05, 3.63) is 29.8 Å². The molecule has 1 aliphatic heterocycles. The van der Waals surface area contributed by atoms with Crippen LogP contribution in [0.15, 0.2) is 24.3 Å². The molecule has 5 nitrogen and oxygen atoms in total. The van der Waals surface area contributed by atoms with Crippen molar-refractivity contribution in [1.82, 2.24) is 10.2 Å². The van der Waals surface area contributed by atoms with Gasteiger partial charge in [0.15, 0.2) is 0 Å². The minimum absolute atomic E-state index is 0.0949. The summed E-state index contributed by atoms with van der Waals surface area (Å²) in [6.45, 7) is 12.5. The highest BCUT2D eigenvalue weighted by molar-refractivity contribution is 5.70. The molecule has 0 aromatic heterocycles. The van der Waals surface area contributed by atoms with Crippen molar-refractivity contribution in [2.45, 2.75) is 78.6 Å². The number of likely N-dealkylation sites (tertiary alicyclic amines) is 1. The lowest BCUT2D eigenvalue weighted by Crippen LogP contribution is -2.52. The van der Waals surface area contributed by atoms with E-state index >= 15 is 0 Å². The minimum atomic E-state index is -0.0949. The molecule has 1 saturated heterocycles. The number of rotatable bonds is 8. The van der Waals surface area contributed by atoms with Crippen molar-refractivity contribution in [2.24, 2.45) is 0 Å². The van der Waals surface area contributed by atoms with E-state index in [4.69, 9.17) is 9.47 Å². The van der Waals surface area contributed by atoms with Crippen LogP contribution in [0, 0.1) is 0 Å². The number of carbonyl (C=O) groups is 1. The van der Waals surface area contributed by atoms with E-state index in [1.54, 1.807) is 7.11 Å². The van der Waals surface area contributed by atoms with Gasteiger partial charge in [0.05, 0.1) is 20.1 Å². The van der Waals surface area contributed by atoms with Gasteiger partial charge in [-0.15, -0.1) is 0 Å². The second kappa shape index (κ2) is 12.7. The maximum atomic E-state index is 12.0. The summed E-state index contributed by atoms with van der Waals surface area (Å²) in [5, 5.41) is 3.64.